The Bertz CT molecular complexity index is 1380. The van der Waals surface area contributed by atoms with Crippen LogP contribution >= 0.6 is 11.3 Å². The molecule has 0 radical (unpaired) electrons. The van der Waals surface area contributed by atoms with Gasteiger partial charge in [0.2, 0.25) is 5.91 Å². The molecule has 0 bridgehead atoms. The monoisotopic (exact) mass is 519 g/mol. The van der Waals surface area contributed by atoms with Gasteiger partial charge in [-0.05, 0) is 54.6 Å². The van der Waals surface area contributed by atoms with Gasteiger partial charge in [0.05, 0.1) is 19.4 Å². The van der Waals surface area contributed by atoms with Gasteiger partial charge in [-0.2, -0.15) is 0 Å². The Morgan fingerprint density at radius 3 is 2.59 bits per heavy atom. The van der Waals surface area contributed by atoms with Crippen molar-refractivity contribution in [3.05, 3.63) is 93.6 Å². The highest BCUT2D eigenvalue weighted by Crippen LogP contribution is 2.50. The minimum atomic E-state index is -1.05. The molecule has 1 aliphatic carbocycles. The van der Waals surface area contributed by atoms with Gasteiger partial charge in [0.15, 0.2) is 5.78 Å². The molecule has 37 heavy (non-hydrogen) atoms. The number of Topliss-reactive ketones (excluding diaryl/α,β-unsaturated/α-hetero) is 1. The van der Waals surface area contributed by atoms with E-state index >= 15 is 4.39 Å². The van der Waals surface area contributed by atoms with E-state index in [4.69, 9.17) is 9.47 Å². The van der Waals surface area contributed by atoms with Crippen LogP contribution in [-0.4, -0.2) is 31.4 Å². The van der Waals surface area contributed by atoms with Crippen molar-refractivity contribution in [3.8, 4) is 5.75 Å². The first-order valence-corrected chi connectivity index (χ1v) is 13.0. The Labute approximate surface area is 218 Å². The molecule has 1 aliphatic heterocycles. The molecular weight excluding hydrogens is 493 g/mol. The lowest BCUT2D eigenvalue weighted by molar-refractivity contribution is -0.152. The molecule has 0 N–H and O–H groups in total. The summed E-state index contributed by atoms with van der Waals surface area (Å²) in [6.07, 6.45) is 0.164. The molecule has 0 fully saturated rings. The maximum absolute atomic E-state index is 15.0. The number of methoxy groups -OCH3 is 1. The molecule has 2 aliphatic rings. The van der Waals surface area contributed by atoms with Gasteiger partial charge in [-0.1, -0.05) is 30.3 Å². The van der Waals surface area contributed by atoms with Crippen LogP contribution in [0.15, 0.2) is 77.3 Å². The summed E-state index contributed by atoms with van der Waals surface area (Å²) in [5, 5.41) is 1.88. The molecule has 0 spiro atoms. The molecule has 2 aromatic carbocycles. The van der Waals surface area contributed by atoms with Crippen LogP contribution in [0, 0.1) is 11.7 Å². The number of anilines is 1. The van der Waals surface area contributed by atoms with Crippen LogP contribution in [0.3, 0.4) is 0 Å². The van der Waals surface area contributed by atoms with E-state index in [9.17, 15) is 14.4 Å². The second-order valence-electron chi connectivity index (χ2n) is 8.99. The number of ketones is 1. The molecule has 1 amide bonds. The number of esters is 1. The molecule has 1 aromatic heterocycles. The first kappa shape index (κ1) is 24.9. The summed E-state index contributed by atoms with van der Waals surface area (Å²) in [6.45, 7) is 1.85. The predicted molar refractivity (Wildman–Crippen MR) is 138 cm³/mol. The number of benzene rings is 2. The van der Waals surface area contributed by atoms with E-state index in [1.807, 2.05) is 23.6 Å². The van der Waals surface area contributed by atoms with E-state index in [0.717, 1.165) is 10.4 Å². The van der Waals surface area contributed by atoms with E-state index in [-0.39, 0.29) is 36.8 Å². The Morgan fingerprint density at radius 2 is 1.89 bits per heavy atom. The number of hydrogen-bond donors (Lipinski definition) is 0. The van der Waals surface area contributed by atoms with E-state index in [2.05, 4.69) is 0 Å². The Morgan fingerprint density at radius 1 is 1.08 bits per heavy atom. The second kappa shape index (κ2) is 10.3. The average Bonchev–Trinajstić information content (AvgIpc) is 3.44. The van der Waals surface area contributed by atoms with Crippen molar-refractivity contribution >= 4 is 34.7 Å². The Kier molecular flexibility index (Phi) is 6.93. The van der Waals surface area contributed by atoms with Crippen molar-refractivity contribution in [3.63, 3.8) is 0 Å². The number of para-hydroxylation sites is 1. The van der Waals surface area contributed by atoms with Gasteiger partial charge >= 0.3 is 5.97 Å². The maximum Gasteiger partial charge on any atom is 0.317 e. The third-order valence-corrected chi connectivity index (χ3v) is 7.96. The zero-order chi connectivity index (χ0) is 26.1. The minimum Gasteiger partial charge on any atom is -0.497 e. The number of allylic oxidation sites excluding steroid dienone is 2. The van der Waals surface area contributed by atoms with Gasteiger partial charge in [-0.25, -0.2) is 4.39 Å². The number of ether oxygens (including phenoxy) is 2. The van der Waals surface area contributed by atoms with Gasteiger partial charge in [0.25, 0.3) is 0 Å². The van der Waals surface area contributed by atoms with Crippen LogP contribution in [-0.2, 0) is 19.1 Å². The van der Waals surface area contributed by atoms with E-state index in [1.54, 1.807) is 44.4 Å². The molecule has 5 rings (SSSR count). The van der Waals surface area contributed by atoms with Crippen LogP contribution in [0.2, 0.25) is 0 Å². The molecule has 190 valence electrons. The summed E-state index contributed by atoms with van der Waals surface area (Å²) < 4.78 is 25.7. The smallest absolute Gasteiger partial charge is 0.317 e. The third kappa shape index (κ3) is 4.46. The number of halogens is 1. The van der Waals surface area contributed by atoms with Crippen LogP contribution in [0.4, 0.5) is 10.1 Å². The molecule has 2 heterocycles. The van der Waals surface area contributed by atoms with Crippen molar-refractivity contribution in [1.29, 1.82) is 0 Å². The molecular formula is C29H26FNO5S. The molecule has 3 atom stereocenters. The zero-order valence-corrected chi connectivity index (χ0v) is 21.3. The van der Waals surface area contributed by atoms with Gasteiger partial charge in [0.1, 0.15) is 17.5 Å². The number of amides is 1. The van der Waals surface area contributed by atoms with E-state index in [0.29, 0.717) is 17.0 Å². The number of carbonyl (C=O) groups is 3. The Hall–Kier alpha value is -3.78. The summed E-state index contributed by atoms with van der Waals surface area (Å²) in [5.41, 5.74) is 1.59. The average molecular weight is 520 g/mol. The number of thiophene rings is 1. The van der Waals surface area contributed by atoms with Crippen LogP contribution in [0.5, 0.6) is 5.75 Å². The van der Waals surface area contributed by atoms with Gasteiger partial charge < -0.3 is 9.47 Å². The maximum atomic E-state index is 15.0. The topological polar surface area (TPSA) is 72.9 Å². The number of hydrogen-bond acceptors (Lipinski definition) is 6. The number of nitrogens with zero attached hydrogens (tertiary/aromatic N) is 1. The second-order valence-corrected chi connectivity index (χ2v) is 9.97. The predicted octanol–water partition coefficient (Wildman–Crippen LogP) is 5.61. The summed E-state index contributed by atoms with van der Waals surface area (Å²) >= 11 is 1.44. The Balaban J connectivity index is 1.73. The quantitative estimate of drug-likeness (QED) is 0.313. The van der Waals surface area contributed by atoms with Crippen molar-refractivity contribution in [1.82, 2.24) is 0 Å². The molecule has 0 saturated heterocycles. The number of carbonyl (C=O) groups excluding carboxylic acids is 3. The molecule has 0 unspecified atom stereocenters. The number of rotatable bonds is 6. The first-order chi connectivity index (χ1) is 17.9. The third-order valence-electron chi connectivity index (χ3n) is 6.96. The lowest BCUT2D eigenvalue weighted by atomic mass is 9.69. The minimum absolute atomic E-state index is 0.0503. The van der Waals surface area contributed by atoms with E-state index in [1.165, 1.54) is 28.4 Å². The fraction of sp³-hybridized carbons (Fsp3) is 0.276. The lowest BCUT2D eigenvalue weighted by Gasteiger charge is -2.42. The molecule has 3 aromatic rings. The standard InChI is InChI=1S/C29H26FNO5S/c1-3-36-29(34)27-20(24-12-7-13-37-24)15-23-26(28(27)33)19(17-8-6-9-18(14-17)35-2)16-25(32)31(23)22-11-5-4-10-21(22)30/h4-14,19-20,27H,3,15-16H2,1-2H3/t19-,20-,27+/m0/s1. The van der Waals surface area contributed by atoms with E-state index < -0.39 is 29.5 Å². The van der Waals surface area contributed by atoms with Gasteiger partial charge in [-0.3, -0.25) is 19.3 Å². The van der Waals surface area contributed by atoms with Crippen molar-refractivity contribution in [2.45, 2.75) is 31.6 Å². The van der Waals surface area contributed by atoms with Crippen molar-refractivity contribution in [2.24, 2.45) is 5.92 Å². The largest absolute Gasteiger partial charge is 0.497 e. The van der Waals surface area contributed by atoms with Crippen LogP contribution in [0.25, 0.3) is 0 Å². The van der Waals surface area contributed by atoms with Crippen molar-refractivity contribution in [2.75, 3.05) is 18.6 Å². The summed E-state index contributed by atoms with van der Waals surface area (Å²) in [5.74, 6) is -3.45. The molecule has 0 saturated carbocycles. The van der Waals surface area contributed by atoms with Gasteiger partial charge in [-0.15, -0.1) is 11.3 Å². The highest BCUT2D eigenvalue weighted by atomic mass is 32.1. The van der Waals surface area contributed by atoms with Gasteiger partial charge in [0, 0.05) is 34.4 Å². The summed E-state index contributed by atoms with van der Waals surface area (Å²) in [4.78, 5) is 43.3. The highest BCUT2D eigenvalue weighted by Gasteiger charge is 2.50. The first-order valence-electron chi connectivity index (χ1n) is 12.1. The summed E-state index contributed by atoms with van der Waals surface area (Å²) in [7, 11) is 1.55. The SMILES string of the molecule is CCOC(=O)[C@H]1C(=O)C2=C(C[C@H]1c1cccs1)N(c1ccccc1F)C(=O)C[C@H]2c1cccc(OC)c1. The normalized spacial score (nSPS) is 21.6. The molecule has 8 heteroatoms. The highest BCUT2D eigenvalue weighted by molar-refractivity contribution is 7.10. The fourth-order valence-electron chi connectivity index (χ4n) is 5.36. The molecule has 6 nitrogen and oxygen atoms in total. The summed E-state index contributed by atoms with van der Waals surface area (Å²) in [6, 6.07) is 17.0. The zero-order valence-electron chi connectivity index (χ0n) is 20.5. The van der Waals surface area contributed by atoms with Crippen LogP contribution in [0.1, 0.15) is 42.0 Å². The van der Waals surface area contributed by atoms with Crippen LogP contribution < -0.4 is 9.64 Å². The van der Waals surface area contributed by atoms with Crippen molar-refractivity contribution < 1.29 is 28.2 Å². The lowest BCUT2D eigenvalue weighted by Crippen LogP contribution is -2.46. The fourth-order valence-corrected chi connectivity index (χ4v) is 6.22.